The monoisotopic (exact) mass is 450 g/mol. The van der Waals surface area contributed by atoms with E-state index < -0.39 is 0 Å². The maximum atomic E-state index is 6.02. The Balaban J connectivity index is 0.00000264. The highest BCUT2D eigenvalue weighted by molar-refractivity contribution is 14.0. The van der Waals surface area contributed by atoms with Crippen molar-refractivity contribution < 1.29 is 0 Å². The molecule has 0 aliphatic heterocycles. The maximum Gasteiger partial charge on any atom is 0.193 e. The molecule has 0 bridgehead atoms. The molecule has 1 N–H and O–H groups in total. The summed E-state index contributed by atoms with van der Waals surface area (Å²) in [5.41, 5.74) is 2.31. The Hall–Kier alpha value is -1.22. The SMILES string of the molecule is CN=C(NCCn1cc(C)cn1)N(C)Cc1cc(Cl)cn1C.I. The van der Waals surface area contributed by atoms with E-state index >= 15 is 0 Å². The van der Waals surface area contributed by atoms with Gasteiger partial charge in [0, 0.05) is 45.8 Å². The quantitative estimate of drug-likeness (QED) is 0.433. The van der Waals surface area contributed by atoms with Gasteiger partial charge in [-0.15, -0.1) is 24.0 Å². The van der Waals surface area contributed by atoms with Gasteiger partial charge in [-0.05, 0) is 18.6 Å². The molecule has 2 heterocycles. The van der Waals surface area contributed by atoms with Crippen LogP contribution in [-0.4, -0.2) is 45.8 Å². The van der Waals surface area contributed by atoms with Crippen LogP contribution in [0.5, 0.6) is 0 Å². The second-order valence-electron chi connectivity index (χ2n) is 5.37. The van der Waals surface area contributed by atoms with Gasteiger partial charge in [0.05, 0.1) is 24.3 Å². The van der Waals surface area contributed by atoms with E-state index in [1.54, 1.807) is 7.05 Å². The van der Waals surface area contributed by atoms with E-state index in [-0.39, 0.29) is 24.0 Å². The topological polar surface area (TPSA) is 50.4 Å². The van der Waals surface area contributed by atoms with Crippen molar-refractivity contribution in [3.63, 3.8) is 0 Å². The molecule has 0 aliphatic rings. The van der Waals surface area contributed by atoms with Gasteiger partial charge in [-0.25, -0.2) is 0 Å². The number of aliphatic imine (C=N–C) groups is 1. The molecule has 2 aromatic heterocycles. The number of nitrogens with zero attached hydrogens (tertiary/aromatic N) is 5. The zero-order chi connectivity index (χ0) is 16.1. The van der Waals surface area contributed by atoms with Crippen LogP contribution in [0.4, 0.5) is 0 Å². The lowest BCUT2D eigenvalue weighted by molar-refractivity contribution is 0.457. The van der Waals surface area contributed by atoms with Crippen molar-refractivity contribution in [2.45, 2.75) is 20.0 Å². The zero-order valence-corrected chi connectivity index (χ0v) is 17.0. The fourth-order valence-corrected chi connectivity index (χ4v) is 2.57. The normalized spacial score (nSPS) is 11.3. The second-order valence-corrected chi connectivity index (χ2v) is 5.81. The fourth-order valence-electron chi connectivity index (χ4n) is 2.30. The van der Waals surface area contributed by atoms with Gasteiger partial charge in [0.25, 0.3) is 0 Å². The molecule has 0 saturated heterocycles. The van der Waals surface area contributed by atoms with E-state index in [0.717, 1.165) is 36.3 Å². The molecule has 0 amide bonds. The van der Waals surface area contributed by atoms with E-state index in [1.165, 1.54) is 5.56 Å². The van der Waals surface area contributed by atoms with Crippen molar-refractivity contribution in [1.29, 1.82) is 0 Å². The molecule has 23 heavy (non-hydrogen) atoms. The number of rotatable bonds is 5. The molecule has 0 unspecified atom stereocenters. The Morgan fingerprint density at radius 2 is 2.17 bits per heavy atom. The summed E-state index contributed by atoms with van der Waals surface area (Å²) < 4.78 is 3.95. The van der Waals surface area contributed by atoms with Crippen LogP contribution in [-0.2, 0) is 20.1 Å². The van der Waals surface area contributed by atoms with Gasteiger partial charge >= 0.3 is 0 Å². The summed E-state index contributed by atoms with van der Waals surface area (Å²) in [5, 5.41) is 8.37. The number of guanidine groups is 1. The van der Waals surface area contributed by atoms with Gasteiger partial charge in [0.1, 0.15) is 0 Å². The molecule has 2 rings (SSSR count). The van der Waals surface area contributed by atoms with Gasteiger partial charge in [-0.2, -0.15) is 5.10 Å². The summed E-state index contributed by atoms with van der Waals surface area (Å²) in [6.45, 7) is 4.35. The van der Waals surface area contributed by atoms with Gasteiger partial charge in [0.15, 0.2) is 5.96 Å². The van der Waals surface area contributed by atoms with Crippen LogP contribution in [0.3, 0.4) is 0 Å². The summed E-state index contributed by atoms with van der Waals surface area (Å²) in [5.74, 6) is 0.848. The second kappa shape index (κ2) is 9.17. The lowest BCUT2D eigenvalue weighted by Gasteiger charge is -2.22. The summed E-state index contributed by atoms with van der Waals surface area (Å²) >= 11 is 6.02. The van der Waals surface area contributed by atoms with Crippen LogP contribution in [0.25, 0.3) is 0 Å². The van der Waals surface area contributed by atoms with Crippen molar-refractivity contribution >= 4 is 41.5 Å². The van der Waals surface area contributed by atoms with E-state index in [0.29, 0.717) is 0 Å². The summed E-state index contributed by atoms with van der Waals surface area (Å²) in [4.78, 5) is 6.39. The standard InChI is InChI=1S/C15H23ClN6.HI/c1-12-8-19-22(9-12)6-5-18-15(17-2)21(4)11-14-7-13(16)10-20(14)3;/h7-10H,5-6,11H2,1-4H3,(H,17,18);1H. The third-order valence-corrected chi connectivity index (χ3v) is 3.64. The zero-order valence-electron chi connectivity index (χ0n) is 14.0. The summed E-state index contributed by atoms with van der Waals surface area (Å²) in [6.07, 6.45) is 5.79. The molecule has 0 atom stereocenters. The van der Waals surface area contributed by atoms with Crippen molar-refractivity contribution in [3.05, 3.63) is 40.9 Å². The number of hydrogen-bond acceptors (Lipinski definition) is 2. The minimum absolute atomic E-state index is 0. The Labute approximate surface area is 159 Å². The van der Waals surface area contributed by atoms with Crippen LogP contribution < -0.4 is 5.32 Å². The summed E-state index contributed by atoms with van der Waals surface area (Å²) in [6, 6.07) is 1.97. The highest BCUT2D eigenvalue weighted by atomic mass is 127. The van der Waals surface area contributed by atoms with Crippen molar-refractivity contribution in [1.82, 2.24) is 24.6 Å². The molecule has 0 saturated carbocycles. The molecule has 0 aromatic carbocycles. The smallest absolute Gasteiger partial charge is 0.193 e. The lowest BCUT2D eigenvalue weighted by Crippen LogP contribution is -2.40. The van der Waals surface area contributed by atoms with Crippen LogP contribution in [0.2, 0.25) is 5.02 Å². The first-order valence-corrected chi connectivity index (χ1v) is 7.59. The molecule has 0 aliphatic carbocycles. The van der Waals surface area contributed by atoms with E-state index in [2.05, 4.69) is 20.3 Å². The largest absolute Gasteiger partial charge is 0.354 e. The molecular weight excluding hydrogens is 427 g/mol. The average molecular weight is 451 g/mol. The van der Waals surface area contributed by atoms with Crippen LogP contribution in [0, 0.1) is 6.92 Å². The first-order chi connectivity index (χ1) is 10.5. The Morgan fingerprint density at radius 1 is 1.43 bits per heavy atom. The van der Waals surface area contributed by atoms with E-state index in [9.17, 15) is 0 Å². The van der Waals surface area contributed by atoms with Crippen molar-refractivity contribution in [2.75, 3.05) is 20.6 Å². The van der Waals surface area contributed by atoms with Gasteiger partial charge in [-0.1, -0.05) is 11.6 Å². The maximum absolute atomic E-state index is 6.02. The fraction of sp³-hybridized carbons (Fsp3) is 0.467. The minimum Gasteiger partial charge on any atom is -0.354 e. The van der Waals surface area contributed by atoms with Crippen LogP contribution >= 0.6 is 35.6 Å². The lowest BCUT2D eigenvalue weighted by atomic mass is 10.4. The number of aryl methyl sites for hydroxylation is 2. The van der Waals surface area contributed by atoms with Crippen molar-refractivity contribution in [2.24, 2.45) is 12.0 Å². The molecule has 2 aromatic rings. The van der Waals surface area contributed by atoms with Crippen LogP contribution in [0.15, 0.2) is 29.6 Å². The van der Waals surface area contributed by atoms with Crippen molar-refractivity contribution in [3.8, 4) is 0 Å². The number of hydrogen-bond donors (Lipinski definition) is 1. The first kappa shape index (κ1) is 19.8. The predicted molar refractivity (Wildman–Crippen MR) is 106 cm³/mol. The first-order valence-electron chi connectivity index (χ1n) is 7.21. The molecule has 0 spiro atoms. The molecule has 0 radical (unpaired) electrons. The van der Waals surface area contributed by atoms with Gasteiger partial charge in [0.2, 0.25) is 0 Å². The van der Waals surface area contributed by atoms with E-state index in [4.69, 9.17) is 11.6 Å². The van der Waals surface area contributed by atoms with Crippen LogP contribution in [0.1, 0.15) is 11.3 Å². The summed E-state index contributed by atoms with van der Waals surface area (Å²) in [7, 11) is 5.79. The minimum atomic E-state index is 0. The van der Waals surface area contributed by atoms with E-state index in [1.807, 2.05) is 54.9 Å². The average Bonchev–Trinajstić information content (AvgIpc) is 3.01. The third kappa shape index (κ3) is 5.72. The molecule has 128 valence electrons. The molecule has 8 heteroatoms. The predicted octanol–water partition coefficient (Wildman–Crippen LogP) is 2.51. The number of nitrogens with one attached hydrogen (secondary N) is 1. The molecule has 0 fully saturated rings. The van der Waals surface area contributed by atoms with Gasteiger partial charge < -0.3 is 14.8 Å². The Kier molecular flexibility index (Phi) is 7.90. The number of halogens is 2. The Bertz CT molecular complexity index is 648. The Morgan fingerprint density at radius 3 is 2.70 bits per heavy atom. The number of aromatic nitrogens is 3. The third-order valence-electron chi connectivity index (χ3n) is 3.43. The molecular formula is C15H24ClIN6. The van der Waals surface area contributed by atoms with Gasteiger partial charge in [-0.3, -0.25) is 9.67 Å². The molecule has 6 nitrogen and oxygen atoms in total. The highest BCUT2D eigenvalue weighted by Crippen LogP contribution is 2.14. The highest BCUT2D eigenvalue weighted by Gasteiger charge is 2.09.